The van der Waals surface area contributed by atoms with Crippen molar-refractivity contribution in [2.24, 2.45) is 11.8 Å². The van der Waals surface area contributed by atoms with Crippen LogP contribution in [0.5, 0.6) is 0 Å². The van der Waals surface area contributed by atoms with E-state index in [0.717, 1.165) is 50.7 Å². The van der Waals surface area contributed by atoms with Crippen molar-refractivity contribution in [2.75, 3.05) is 26.7 Å². The van der Waals surface area contributed by atoms with Crippen LogP contribution in [0.3, 0.4) is 0 Å². The first-order valence-corrected chi connectivity index (χ1v) is 7.16. The molecule has 4 nitrogen and oxygen atoms in total. The summed E-state index contributed by atoms with van der Waals surface area (Å²) in [6.45, 7) is 7.22. The summed E-state index contributed by atoms with van der Waals surface area (Å²) in [6.07, 6.45) is 3.33. The van der Waals surface area contributed by atoms with Gasteiger partial charge < -0.3 is 15.0 Å². The van der Waals surface area contributed by atoms with E-state index in [1.807, 2.05) is 4.90 Å². The second kappa shape index (κ2) is 6.02. The molecule has 18 heavy (non-hydrogen) atoms. The number of nitrogens with one attached hydrogen (secondary N) is 1. The molecule has 2 fully saturated rings. The number of piperidine rings is 1. The van der Waals surface area contributed by atoms with Gasteiger partial charge in [-0.05, 0) is 31.1 Å². The maximum atomic E-state index is 12.3. The first-order valence-electron chi connectivity index (χ1n) is 7.16. The van der Waals surface area contributed by atoms with Crippen molar-refractivity contribution in [2.45, 2.75) is 45.3 Å². The molecule has 0 aromatic heterocycles. The van der Waals surface area contributed by atoms with E-state index in [0.29, 0.717) is 0 Å². The van der Waals surface area contributed by atoms with Crippen molar-refractivity contribution in [3.63, 3.8) is 0 Å². The highest BCUT2D eigenvalue weighted by molar-refractivity contribution is 5.82. The van der Waals surface area contributed by atoms with Crippen molar-refractivity contribution in [1.29, 1.82) is 0 Å². The van der Waals surface area contributed by atoms with Crippen LogP contribution in [0.2, 0.25) is 0 Å². The Balaban J connectivity index is 1.81. The van der Waals surface area contributed by atoms with Crippen LogP contribution in [0, 0.1) is 11.8 Å². The molecule has 2 atom stereocenters. The van der Waals surface area contributed by atoms with Crippen LogP contribution >= 0.6 is 0 Å². The zero-order valence-electron chi connectivity index (χ0n) is 11.8. The molecule has 2 unspecified atom stereocenters. The van der Waals surface area contributed by atoms with Crippen molar-refractivity contribution >= 4 is 5.91 Å². The highest BCUT2D eigenvalue weighted by atomic mass is 16.5. The zero-order chi connectivity index (χ0) is 13.1. The van der Waals surface area contributed by atoms with Gasteiger partial charge in [-0.15, -0.1) is 0 Å². The number of carbonyl (C=O) groups excluding carboxylic acids is 1. The van der Waals surface area contributed by atoms with Crippen molar-refractivity contribution in [1.82, 2.24) is 10.2 Å². The van der Waals surface area contributed by atoms with Gasteiger partial charge in [0.2, 0.25) is 5.91 Å². The topological polar surface area (TPSA) is 41.6 Å². The molecule has 1 N–H and O–H groups in total. The summed E-state index contributed by atoms with van der Waals surface area (Å²) < 4.78 is 5.29. The summed E-state index contributed by atoms with van der Waals surface area (Å²) in [6, 6.07) is -0.0226. The Morgan fingerprint density at radius 3 is 2.50 bits per heavy atom. The number of hydrogen-bond acceptors (Lipinski definition) is 3. The fourth-order valence-corrected chi connectivity index (χ4v) is 3.08. The lowest BCUT2D eigenvalue weighted by atomic mass is 9.86. The van der Waals surface area contributed by atoms with E-state index >= 15 is 0 Å². The Morgan fingerprint density at radius 2 is 2.00 bits per heavy atom. The van der Waals surface area contributed by atoms with Crippen LogP contribution in [0.1, 0.15) is 33.1 Å². The minimum Gasteiger partial charge on any atom is -0.380 e. The first-order chi connectivity index (χ1) is 8.61. The predicted octanol–water partition coefficient (Wildman–Crippen LogP) is 1.26. The molecule has 0 bridgehead atoms. The Kier molecular flexibility index (Phi) is 4.62. The molecule has 2 aliphatic heterocycles. The Labute approximate surface area is 110 Å². The van der Waals surface area contributed by atoms with Crippen molar-refractivity contribution in [3.05, 3.63) is 0 Å². The first kappa shape index (κ1) is 13.8. The van der Waals surface area contributed by atoms with Crippen LogP contribution in [-0.2, 0) is 9.53 Å². The molecule has 0 radical (unpaired) electrons. The molecule has 0 spiro atoms. The average molecular weight is 254 g/mol. The van der Waals surface area contributed by atoms with E-state index in [1.54, 1.807) is 7.11 Å². The third-order valence-electron chi connectivity index (χ3n) is 4.52. The second-order valence-electron chi connectivity index (χ2n) is 5.96. The summed E-state index contributed by atoms with van der Waals surface area (Å²) in [5.41, 5.74) is 0. The van der Waals surface area contributed by atoms with Gasteiger partial charge in [0.1, 0.15) is 0 Å². The van der Waals surface area contributed by atoms with Crippen LogP contribution in [0.15, 0.2) is 0 Å². The van der Waals surface area contributed by atoms with Gasteiger partial charge in [-0.3, -0.25) is 4.79 Å². The minimum absolute atomic E-state index is 0.0226. The van der Waals surface area contributed by atoms with Crippen molar-refractivity contribution < 1.29 is 9.53 Å². The lowest BCUT2D eigenvalue weighted by Gasteiger charge is -2.35. The molecule has 0 aliphatic carbocycles. The zero-order valence-corrected chi connectivity index (χ0v) is 11.8. The summed E-state index contributed by atoms with van der Waals surface area (Å²) in [7, 11) is 1.72. The molecule has 2 rings (SSSR count). The number of carbonyl (C=O) groups is 1. The molecule has 0 saturated carbocycles. The van der Waals surface area contributed by atoms with Crippen LogP contribution in [0.4, 0.5) is 0 Å². The fraction of sp³-hybridized carbons (Fsp3) is 0.929. The SMILES string of the molecule is COC1CNC(C(=O)N2CCC(C(C)C)CC2)C1. The van der Waals surface area contributed by atoms with Crippen LogP contribution in [-0.4, -0.2) is 49.7 Å². The van der Waals surface area contributed by atoms with Gasteiger partial charge >= 0.3 is 0 Å². The molecule has 0 aromatic carbocycles. The van der Waals surface area contributed by atoms with E-state index in [4.69, 9.17) is 4.74 Å². The maximum absolute atomic E-state index is 12.3. The normalized spacial score (nSPS) is 30.1. The van der Waals surface area contributed by atoms with E-state index in [9.17, 15) is 4.79 Å². The molecule has 2 saturated heterocycles. The number of hydrogen-bond donors (Lipinski definition) is 1. The van der Waals surface area contributed by atoms with Gasteiger partial charge in [-0.2, -0.15) is 0 Å². The number of ether oxygens (including phenoxy) is 1. The van der Waals surface area contributed by atoms with E-state index in [1.165, 1.54) is 0 Å². The van der Waals surface area contributed by atoms with E-state index in [2.05, 4.69) is 19.2 Å². The molecule has 1 amide bonds. The molecular weight excluding hydrogens is 228 g/mol. The number of methoxy groups -OCH3 is 1. The second-order valence-corrected chi connectivity index (χ2v) is 5.96. The number of rotatable bonds is 3. The quantitative estimate of drug-likeness (QED) is 0.824. The monoisotopic (exact) mass is 254 g/mol. The predicted molar refractivity (Wildman–Crippen MR) is 71.3 cm³/mol. The largest absolute Gasteiger partial charge is 0.380 e. The summed E-state index contributed by atoms with van der Waals surface area (Å²) in [4.78, 5) is 14.4. The smallest absolute Gasteiger partial charge is 0.239 e. The number of nitrogens with zero attached hydrogens (tertiary/aromatic N) is 1. The van der Waals surface area contributed by atoms with Gasteiger partial charge in [-0.25, -0.2) is 0 Å². The third kappa shape index (κ3) is 3.04. The minimum atomic E-state index is -0.0226. The fourth-order valence-electron chi connectivity index (χ4n) is 3.08. The van der Waals surface area contributed by atoms with Gasteiger partial charge in [0.15, 0.2) is 0 Å². The van der Waals surface area contributed by atoms with Gasteiger partial charge in [-0.1, -0.05) is 13.8 Å². The maximum Gasteiger partial charge on any atom is 0.239 e. The Morgan fingerprint density at radius 1 is 1.33 bits per heavy atom. The van der Waals surface area contributed by atoms with E-state index in [-0.39, 0.29) is 18.1 Å². The highest BCUT2D eigenvalue weighted by Crippen LogP contribution is 2.25. The van der Waals surface area contributed by atoms with Gasteiger partial charge in [0.05, 0.1) is 12.1 Å². The number of amides is 1. The number of likely N-dealkylation sites (tertiary alicyclic amines) is 1. The molecule has 2 aliphatic rings. The highest BCUT2D eigenvalue weighted by Gasteiger charge is 2.34. The summed E-state index contributed by atoms with van der Waals surface area (Å²) in [5.74, 6) is 1.80. The summed E-state index contributed by atoms with van der Waals surface area (Å²) >= 11 is 0. The van der Waals surface area contributed by atoms with Crippen molar-refractivity contribution in [3.8, 4) is 0 Å². The van der Waals surface area contributed by atoms with Gasteiger partial charge in [0, 0.05) is 26.7 Å². The average Bonchev–Trinajstić information content (AvgIpc) is 2.86. The Hall–Kier alpha value is -0.610. The molecule has 2 heterocycles. The summed E-state index contributed by atoms with van der Waals surface area (Å²) in [5, 5.41) is 3.27. The van der Waals surface area contributed by atoms with Crippen LogP contribution in [0.25, 0.3) is 0 Å². The van der Waals surface area contributed by atoms with E-state index < -0.39 is 0 Å². The molecule has 104 valence electrons. The third-order valence-corrected chi connectivity index (χ3v) is 4.52. The van der Waals surface area contributed by atoms with Crippen LogP contribution < -0.4 is 5.32 Å². The molecular formula is C14H26N2O2. The molecule has 4 heteroatoms. The van der Waals surface area contributed by atoms with Gasteiger partial charge in [0.25, 0.3) is 0 Å². The lowest BCUT2D eigenvalue weighted by Crippen LogP contribution is -2.47. The lowest BCUT2D eigenvalue weighted by molar-refractivity contribution is -0.134. The Bertz CT molecular complexity index is 286. The standard InChI is InChI=1S/C14H26N2O2/c1-10(2)11-4-6-16(7-5-11)14(17)13-8-12(18-3)9-15-13/h10-13,15H,4-9H2,1-3H3. The molecule has 0 aromatic rings.